The van der Waals surface area contributed by atoms with Gasteiger partial charge in [0.05, 0.1) is 18.5 Å². The van der Waals surface area contributed by atoms with Gasteiger partial charge in [-0.05, 0) is 44.0 Å². The minimum absolute atomic E-state index is 0.0281. The quantitative estimate of drug-likeness (QED) is 0.513. The Morgan fingerprint density at radius 1 is 1.46 bits per heavy atom. The molecule has 0 spiro atoms. The van der Waals surface area contributed by atoms with Gasteiger partial charge in [0.1, 0.15) is 5.75 Å². The van der Waals surface area contributed by atoms with E-state index in [4.69, 9.17) is 9.47 Å². The molecule has 1 aliphatic rings. The summed E-state index contributed by atoms with van der Waals surface area (Å²) in [7, 11) is 1.63. The second-order valence-corrected chi connectivity index (χ2v) is 7.88. The second kappa shape index (κ2) is 9.75. The lowest BCUT2D eigenvalue weighted by molar-refractivity contribution is -0.120. The van der Waals surface area contributed by atoms with E-state index in [2.05, 4.69) is 22.1 Å². The fraction of sp³-hybridized carbons (Fsp3) is 0.450. The number of benzene rings is 1. The van der Waals surface area contributed by atoms with Crippen molar-refractivity contribution in [1.82, 2.24) is 20.1 Å². The Morgan fingerprint density at radius 3 is 2.89 bits per heavy atom. The van der Waals surface area contributed by atoms with E-state index in [1.165, 1.54) is 11.8 Å². The number of methoxy groups -OCH3 is 1. The van der Waals surface area contributed by atoms with Gasteiger partial charge < -0.3 is 14.8 Å². The third kappa shape index (κ3) is 4.94. The smallest absolute Gasteiger partial charge is 0.233 e. The molecule has 150 valence electrons. The van der Waals surface area contributed by atoms with Crippen LogP contribution in [-0.2, 0) is 16.1 Å². The number of carbonyl (C=O) groups excluding carboxylic acids is 1. The van der Waals surface area contributed by atoms with Crippen molar-refractivity contribution < 1.29 is 14.3 Å². The maximum absolute atomic E-state index is 12.4. The predicted octanol–water partition coefficient (Wildman–Crippen LogP) is 2.92. The molecule has 0 unspecified atom stereocenters. The van der Waals surface area contributed by atoms with E-state index in [0.29, 0.717) is 18.2 Å². The zero-order chi connectivity index (χ0) is 19.9. The van der Waals surface area contributed by atoms with Crippen molar-refractivity contribution in [2.24, 2.45) is 0 Å². The number of allylic oxidation sites excluding steroid dienone is 1. The summed E-state index contributed by atoms with van der Waals surface area (Å²) in [6.45, 7) is 7.59. The van der Waals surface area contributed by atoms with Gasteiger partial charge in [0.25, 0.3) is 0 Å². The summed E-state index contributed by atoms with van der Waals surface area (Å²) in [5.74, 6) is 1.49. The number of carbonyl (C=O) groups is 1. The molecule has 0 saturated carbocycles. The number of nitrogens with one attached hydrogen (secondary N) is 1. The first-order valence-corrected chi connectivity index (χ1v) is 10.2. The molecule has 0 bridgehead atoms. The maximum atomic E-state index is 12.4. The highest BCUT2D eigenvalue weighted by Crippen LogP contribution is 2.28. The Kier molecular flexibility index (Phi) is 7.11. The van der Waals surface area contributed by atoms with Gasteiger partial charge in [-0.1, -0.05) is 17.8 Å². The molecular formula is C20H26N4O3S. The molecule has 8 heteroatoms. The van der Waals surface area contributed by atoms with E-state index in [-0.39, 0.29) is 17.3 Å². The molecule has 0 aliphatic carbocycles. The number of rotatable bonds is 9. The van der Waals surface area contributed by atoms with Crippen molar-refractivity contribution in [3.63, 3.8) is 0 Å². The summed E-state index contributed by atoms with van der Waals surface area (Å²) < 4.78 is 12.7. The van der Waals surface area contributed by atoms with Crippen LogP contribution in [0.5, 0.6) is 5.75 Å². The molecule has 2 heterocycles. The largest absolute Gasteiger partial charge is 0.497 e. The van der Waals surface area contributed by atoms with Crippen LogP contribution in [0.3, 0.4) is 0 Å². The number of amides is 1. The molecule has 3 rings (SSSR count). The number of thioether (sulfide) groups is 1. The molecule has 0 radical (unpaired) electrons. The molecule has 2 atom stereocenters. The van der Waals surface area contributed by atoms with Crippen molar-refractivity contribution in [2.45, 2.75) is 42.8 Å². The average molecular weight is 403 g/mol. The second-order valence-electron chi connectivity index (χ2n) is 6.57. The normalized spacial score (nSPS) is 17.3. The number of ether oxygens (including phenoxy) is 2. The minimum Gasteiger partial charge on any atom is -0.497 e. The van der Waals surface area contributed by atoms with Gasteiger partial charge in [-0.2, -0.15) is 0 Å². The summed E-state index contributed by atoms with van der Waals surface area (Å²) in [5.41, 5.74) is 0.928. The topological polar surface area (TPSA) is 78.3 Å². The van der Waals surface area contributed by atoms with Crippen LogP contribution in [-0.4, -0.2) is 52.3 Å². The monoisotopic (exact) mass is 402 g/mol. The minimum atomic E-state index is -0.294. The van der Waals surface area contributed by atoms with Crippen LogP contribution in [0.25, 0.3) is 11.4 Å². The van der Waals surface area contributed by atoms with E-state index in [0.717, 1.165) is 36.6 Å². The molecule has 2 aromatic rings. The third-order valence-corrected chi connectivity index (χ3v) is 5.64. The maximum Gasteiger partial charge on any atom is 0.233 e. The highest BCUT2D eigenvalue weighted by molar-refractivity contribution is 8.00. The summed E-state index contributed by atoms with van der Waals surface area (Å²) in [6, 6.07) is 7.65. The number of hydrogen-bond donors (Lipinski definition) is 1. The summed E-state index contributed by atoms with van der Waals surface area (Å²) in [5, 5.41) is 12.0. The SMILES string of the molecule is C=CCn1c(S[C@H](C)C(=O)NC[C@@H]2CCCO2)nnc1-c1ccc(OC)cc1. The van der Waals surface area contributed by atoms with Crippen LogP contribution in [0.1, 0.15) is 19.8 Å². The van der Waals surface area contributed by atoms with Crippen molar-refractivity contribution in [3.05, 3.63) is 36.9 Å². The Hall–Kier alpha value is -2.32. The zero-order valence-corrected chi connectivity index (χ0v) is 17.1. The van der Waals surface area contributed by atoms with Crippen LogP contribution >= 0.6 is 11.8 Å². The van der Waals surface area contributed by atoms with Crippen molar-refractivity contribution in [1.29, 1.82) is 0 Å². The molecule has 7 nitrogen and oxygen atoms in total. The standard InChI is InChI=1S/C20H26N4O3S/c1-4-11-24-18(15-7-9-16(26-3)10-8-15)22-23-20(24)28-14(2)19(25)21-13-17-6-5-12-27-17/h4,7-10,14,17H,1,5-6,11-13H2,2-3H3,(H,21,25)/t14-,17+/m1/s1. The van der Waals surface area contributed by atoms with Gasteiger partial charge in [-0.3, -0.25) is 9.36 Å². The first-order valence-electron chi connectivity index (χ1n) is 9.37. The van der Waals surface area contributed by atoms with Crippen molar-refractivity contribution in [3.8, 4) is 17.1 Å². The van der Waals surface area contributed by atoms with Gasteiger partial charge in [-0.15, -0.1) is 16.8 Å². The van der Waals surface area contributed by atoms with E-state index in [1.54, 1.807) is 13.2 Å². The average Bonchev–Trinajstić information content (AvgIpc) is 3.37. The predicted molar refractivity (Wildman–Crippen MR) is 110 cm³/mol. The molecule has 1 fully saturated rings. The summed E-state index contributed by atoms with van der Waals surface area (Å²) in [4.78, 5) is 12.4. The van der Waals surface area contributed by atoms with Crippen molar-refractivity contribution >= 4 is 17.7 Å². The molecule has 1 aromatic heterocycles. The van der Waals surface area contributed by atoms with E-state index < -0.39 is 0 Å². The number of nitrogens with zero attached hydrogens (tertiary/aromatic N) is 3. The lowest BCUT2D eigenvalue weighted by atomic mass is 10.2. The van der Waals surface area contributed by atoms with Gasteiger partial charge in [-0.25, -0.2) is 0 Å². The lowest BCUT2D eigenvalue weighted by Gasteiger charge is -2.15. The van der Waals surface area contributed by atoms with Gasteiger partial charge in [0, 0.05) is 25.3 Å². The first kappa shape index (κ1) is 20.4. The Labute approximate surface area is 169 Å². The van der Waals surface area contributed by atoms with E-state index in [1.807, 2.05) is 35.8 Å². The fourth-order valence-corrected chi connectivity index (χ4v) is 3.88. The van der Waals surface area contributed by atoms with Crippen LogP contribution < -0.4 is 10.1 Å². The number of aromatic nitrogens is 3. The highest BCUT2D eigenvalue weighted by Gasteiger charge is 2.22. The molecule has 1 amide bonds. The Balaban J connectivity index is 1.69. The zero-order valence-electron chi connectivity index (χ0n) is 16.3. The van der Waals surface area contributed by atoms with Gasteiger partial charge >= 0.3 is 0 Å². The van der Waals surface area contributed by atoms with Crippen molar-refractivity contribution in [2.75, 3.05) is 20.3 Å². The van der Waals surface area contributed by atoms with Crippen LogP contribution in [0.4, 0.5) is 0 Å². The molecule has 1 saturated heterocycles. The highest BCUT2D eigenvalue weighted by atomic mass is 32.2. The molecule has 1 N–H and O–H groups in total. The van der Waals surface area contributed by atoms with E-state index in [9.17, 15) is 4.79 Å². The Morgan fingerprint density at radius 2 is 2.25 bits per heavy atom. The van der Waals surface area contributed by atoms with E-state index >= 15 is 0 Å². The van der Waals surface area contributed by atoms with Crippen LogP contribution in [0.15, 0.2) is 42.1 Å². The molecule has 1 aromatic carbocycles. The third-order valence-electron chi connectivity index (χ3n) is 4.56. The Bertz CT molecular complexity index is 800. The first-order chi connectivity index (χ1) is 13.6. The van der Waals surface area contributed by atoms with Gasteiger partial charge in [0.2, 0.25) is 5.91 Å². The van der Waals surface area contributed by atoms with Crippen LogP contribution in [0.2, 0.25) is 0 Å². The fourth-order valence-electron chi connectivity index (χ4n) is 3.00. The molecule has 28 heavy (non-hydrogen) atoms. The summed E-state index contributed by atoms with van der Waals surface area (Å²) >= 11 is 1.39. The lowest BCUT2D eigenvalue weighted by Crippen LogP contribution is -2.36. The summed E-state index contributed by atoms with van der Waals surface area (Å²) in [6.07, 6.45) is 3.99. The van der Waals surface area contributed by atoms with Gasteiger partial charge in [0.15, 0.2) is 11.0 Å². The number of hydrogen-bond acceptors (Lipinski definition) is 6. The molecular weight excluding hydrogens is 376 g/mol. The van der Waals surface area contributed by atoms with Crippen LogP contribution in [0, 0.1) is 0 Å². The molecule has 1 aliphatic heterocycles.